The van der Waals surface area contributed by atoms with Gasteiger partial charge in [0.2, 0.25) is 17.7 Å². The molecule has 6 aromatic rings. The summed E-state index contributed by atoms with van der Waals surface area (Å²) in [5.74, 6) is 4.31. The van der Waals surface area contributed by atoms with Gasteiger partial charge in [-0.1, -0.05) is 101 Å². The van der Waals surface area contributed by atoms with E-state index in [1.54, 1.807) is 0 Å². The molecule has 6 fully saturated rings. The van der Waals surface area contributed by atoms with Crippen LogP contribution in [0.3, 0.4) is 0 Å². The van der Waals surface area contributed by atoms with Gasteiger partial charge in [0.1, 0.15) is 0 Å². The Hall–Kier alpha value is -7.65. The minimum atomic E-state index is -0.717. The van der Waals surface area contributed by atoms with Crippen molar-refractivity contribution < 1.29 is 29.7 Å². The fourth-order valence-electron chi connectivity index (χ4n) is 17.9. The van der Waals surface area contributed by atoms with E-state index in [0.29, 0.717) is 92.2 Å². The Morgan fingerprint density at radius 1 is 0.341 bits per heavy atom. The zero-order valence-corrected chi connectivity index (χ0v) is 86.4. The van der Waals surface area contributed by atoms with Gasteiger partial charge in [0, 0.05) is 170 Å². The molecule has 129 heavy (non-hydrogen) atoms. The molecule has 0 radical (unpaired) electrons. The van der Waals surface area contributed by atoms with Gasteiger partial charge in [-0.15, -0.1) is 0 Å². The van der Waals surface area contributed by atoms with Crippen molar-refractivity contribution >= 4 is 34.8 Å². The molecule has 6 aliphatic rings. The van der Waals surface area contributed by atoms with Gasteiger partial charge in [0.15, 0.2) is 0 Å². The van der Waals surface area contributed by atoms with E-state index in [1.807, 2.05) is 96.7 Å². The van der Waals surface area contributed by atoms with Crippen molar-refractivity contribution in [3.63, 3.8) is 0 Å². The Kier molecular flexibility index (Phi) is 39.7. The van der Waals surface area contributed by atoms with Gasteiger partial charge in [-0.25, -0.2) is 0 Å². The number of likely N-dealkylation sites (N-methyl/N-ethyl adjacent to an activating group) is 3. The van der Waals surface area contributed by atoms with E-state index in [4.69, 9.17) is 15.0 Å². The summed E-state index contributed by atoms with van der Waals surface area (Å²) in [7, 11) is 30.3. The van der Waals surface area contributed by atoms with Crippen LogP contribution < -0.4 is 14.7 Å². The van der Waals surface area contributed by atoms with Crippen LogP contribution in [-0.2, 0) is 34.0 Å². The molecule has 6 aromatic heterocycles. The molecule has 12 heterocycles. The molecule has 3 N–H and O–H groups in total. The smallest absolute Gasteiger partial charge is 0.222 e. The minimum absolute atomic E-state index is 0.245. The number of aromatic nitrogens is 6. The molecule has 6 atom stereocenters. The van der Waals surface area contributed by atoms with Gasteiger partial charge in [-0.2, -0.15) is 0 Å². The molecule has 2 unspecified atom stereocenters. The molecular formula is C105H174N18O6. The first-order chi connectivity index (χ1) is 60.2. The van der Waals surface area contributed by atoms with Crippen LogP contribution in [0.5, 0.6) is 0 Å². The van der Waals surface area contributed by atoms with Crippen LogP contribution in [-0.4, -0.2) is 305 Å². The van der Waals surface area contributed by atoms with Crippen LogP contribution in [0.4, 0.5) is 17.1 Å². The maximum Gasteiger partial charge on any atom is 0.222 e. The van der Waals surface area contributed by atoms with Crippen LogP contribution in [0.1, 0.15) is 323 Å². The molecule has 0 saturated carbocycles. The monoisotopic (exact) mass is 1780 g/mol. The Bertz CT molecular complexity index is 4020. The first-order valence-electron chi connectivity index (χ1n) is 48.1. The number of β-amino-alcohol motifs (C(OH)–C–C–N with tert-alkyl or cyclic N) is 3. The molecule has 6 aliphatic heterocycles. The number of nitrogens with zero attached hydrogens (tertiary/aromatic N) is 18. The highest BCUT2D eigenvalue weighted by Crippen LogP contribution is 2.42. The van der Waals surface area contributed by atoms with E-state index >= 15 is 0 Å². The molecule has 0 bridgehead atoms. The number of carbonyl (C=O) groups excluding carboxylic acids is 3. The van der Waals surface area contributed by atoms with Crippen molar-refractivity contribution in [2.75, 3.05) is 179 Å². The third kappa shape index (κ3) is 28.9. The third-order valence-corrected chi connectivity index (χ3v) is 28.9. The Morgan fingerprint density at radius 3 is 0.736 bits per heavy atom. The highest BCUT2D eigenvalue weighted by molar-refractivity contribution is 5.79. The molecule has 24 heteroatoms. The maximum absolute atomic E-state index is 12.0. The van der Waals surface area contributed by atoms with Crippen molar-refractivity contribution in [3.8, 4) is 0 Å². The standard InChI is InChI=1S/3C18H31N3O.3C17H27N3O/c3*1-14(2)16-9-8-15(12-19-16)21-11-7-10-18(22,13-21)17(3,4)20(5)6;3*1-12(2)15-7-6-14(16(18-15)11-19(3)4)13-8-9-20(5)17(21)10-13/h3*8-9,12,14,22H,7,10-11,13H2,1-6H3;3*6-7,12-13H,8-11H2,1-5H3/t2*18-;;2*13-;/m10.10./s1. The SMILES string of the molecule is CC(C)c1ccc(C2CCN(C)C(=O)C2)c(CN(C)C)n1.CC(C)c1ccc(N2CCCC(O)(C(C)(C)N(C)C)C2)cn1.CC(C)c1ccc(N2CCC[C@@](O)(C(C)(C)N(C)C)C2)cn1.CC(C)c1ccc(N2CCC[C@](O)(C(C)(C)N(C)C)C2)cn1.CC(C)c1ccc([C@@H]2CCN(C)C(=O)C2)c(CN(C)C)n1.CC(C)c1ccc([C@H]2CCN(C)C(=O)C2)c(CN(C)C)n1. The van der Waals surface area contributed by atoms with Crippen molar-refractivity contribution in [3.05, 3.63) is 159 Å². The Labute approximate surface area is 780 Å². The lowest BCUT2D eigenvalue weighted by atomic mass is 9.76. The summed E-state index contributed by atoms with van der Waals surface area (Å²) in [6.45, 7) is 48.6. The van der Waals surface area contributed by atoms with Crippen molar-refractivity contribution in [2.24, 2.45) is 0 Å². The zero-order valence-electron chi connectivity index (χ0n) is 86.4. The molecule has 720 valence electrons. The molecule has 3 amide bonds. The number of pyridine rings is 6. The number of hydrogen-bond donors (Lipinski definition) is 3. The van der Waals surface area contributed by atoms with Crippen molar-refractivity contribution in [2.45, 2.75) is 308 Å². The Balaban J connectivity index is 0.000000212. The summed E-state index contributed by atoms with van der Waals surface area (Å²) >= 11 is 0. The summed E-state index contributed by atoms with van der Waals surface area (Å²) in [5.41, 5.74) is 14.3. The second-order valence-electron chi connectivity index (χ2n) is 42.8. The topological polar surface area (TPSA) is 228 Å². The minimum Gasteiger partial charge on any atom is -0.386 e. The number of piperidine rings is 6. The predicted octanol–water partition coefficient (Wildman–Crippen LogP) is 16.4. The molecular weight excluding hydrogens is 1610 g/mol. The molecule has 12 rings (SSSR count). The molecule has 6 saturated heterocycles. The number of anilines is 3. The van der Waals surface area contributed by atoms with Gasteiger partial charge < -0.3 is 74.1 Å². The highest BCUT2D eigenvalue weighted by Gasteiger charge is 2.51. The average Bonchev–Trinajstić information content (AvgIpc) is 0.770. The molecule has 0 aliphatic carbocycles. The average molecular weight is 1780 g/mol. The van der Waals surface area contributed by atoms with Gasteiger partial charge >= 0.3 is 0 Å². The lowest BCUT2D eigenvalue weighted by Gasteiger charge is -2.52. The number of carbonyl (C=O) groups is 3. The first-order valence-corrected chi connectivity index (χ1v) is 48.1. The number of amides is 3. The van der Waals surface area contributed by atoms with Gasteiger partial charge in [0.05, 0.1) is 69.5 Å². The third-order valence-electron chi connectivity index (χ3n) is 28.9. The first kappa shape index (κ1) is 108. The zero-order chi connectivity index (χ0) is 96.3. The van der Waals surface area contributed by atoms with Crippen LogP contribution in [0.15, 0.2) is 91.4 Å². The molecule has 24 nitrogen and oxygen atoms in total. The van der Waals surface area contributed by atoms with E-state index in [0.717, 1.165) is 185 Å². The van der Waals surface area contributed by atoms with Crippen LogP contribution in [0, 0.1) is 0 Å². The summed E-state index contributed by atoms with van der Waals surface area (Å²) < 4.78 is 0. The predicted molar refractivity (Wildman–Crippen MR) is 533 cm³/mol. The van der Waals surface area contributed by atoms with E-state index in [9.17, 15) is 29.7 Å². The highest BCUT2D eigenvalue weighted by atomic mass is 16.3. The van der Waals surface area contributed by atoms with E-state index < -0.39 is 16.8 Å². The Morgan fingerprint density at radius 2 is 0.558 bits per heavy atom. The van der Waals surface area contributed by atoms with Gasteiger partial charge in [-0.3, -0.25) is 44.3 Å². The largest absolute Gasteiger partial charge is 0.386 e. The maximum atomic E-state index is 12.0. The van der Waals surface area contributed by atoms with Gasteiger partial charge in [-0.05, 0) is 308 Å². The van der Waals surface area contributed by atoms with Crippen molar-refractivity contribution in [1.82, 2.24) is 74.0 Å². The quantitative estimate of drug-likeness (QED) is 0.0512. The van der Waals surface area contributed by atoms with E-state index in [2.05, 4.69) is 299 Å². The second kappa shape index (κ2) is 47.3. The lowest BCUT2D eigenvalue weighted by Crippen LogP contribution is -2.65. The normalized spacial score (nSPS) is 21.6. The second-order valence-corrected chi connectivity index (χ2v) is 42.8. The summed E-state index contributed by atoms with van der Waals surface area (Å²) in [4.78, 5) is 89.3. The summed E-state index contributed by atoms with van der Waals surface area (Å²) in [6, 6.07) is 25.7. The summed E-state index contributed by atoms with van der Waals surface area (Å²) in [5, 5.41) is 33.7. The molecule has 0 spiro atoms. The summed E-state index contributed by atoms with van der Waals surface area (Å²) in [6.07, 6.45) is 16.3. The van der Waals surface area contributed by atoms with E-state index in [1.165, 1.54) is 16.7 Å². The number of likely N-dealkylation sites (tertiary alicyclic amines) is 3. The number of hydrogen-bond acceptors (Lipinski definition) is 21. The van der Waals surface area contributed by atoms with Crippen LogP contribution in [0.25, 0.3) is 0 Å². The fourth-order valence-corrected chi connectivity index (χ4v) is 17.9. The van der Waals surface area contributed by atoms with Gasteiger partial charge in [0.25, 0.3) is 0 Å². The van der Waals surface area contributed by atoms with Crippen molar-refractivity contribution in [1.29, 1.82) is 0 Å². The van der Waals surface area contributed by atoms with E-state index in [-0.39, 0.29) is 34.3 Å². The number of rotatable bonds is 24. The van der Waals surface area contributed by atoms with Crippen LogP contribution >= 0.6 is 0 Å². The number of aliphatic hydroxyl groups is 3. The van der Waals surface area contributed by atoms with Crippen LogP contribution in [0.2, 0.25) is 0 Å². The molecule has 0 aromatic carbocycles. The lowest BCUT2D eigenvalue weighted by molar-refractivity contribution is -0.133. The fraction of sp³-hybridized carbons (Fsp3) is 0.686.